The third kappa shape index (κ3) is 5.68. The molecule has 12 heteroatoms. The Morgan fingerprint density at radius 2 is 1.87 bits per heavy atom. The maximum atomic E-state index is 13.1. The molecule has 1 N–H and O–H groups in total. The number of aromatic amines is 1. The standard InChI is InChI=1S/C27H25ClN6O5/c1-3-4-9-22-29-24(28)23(26(35)37-15-21-16(2)38-27(36)39-21)34(22)14-17-10-12-18(13-11-17)19-7-5-6-8-20(19)25-30-32-33-31-25/h5-8,10-13H,3-4,9,14-15H2,1-2H3,(H,30,31,32,33). The van der Waals surface area contributed by atoms with Gasteiger partial charge in [-0.15, -0.1) is 5.10 Å². The van der Waals surface area contributed by atoms with Gasteiger partial charge in [-0.25, -0.2) is 19.7 Å². The second-order valence-electron chi connectivity index (χ2n) is 8.86. The summed E-state index contributed by atoms with van der Waals surface area (Å²) in [6.45, 7) is 3.73. The number of H-pyrrole nitrogens is 1. The first-order chi connectivity index (χ1) is 18.9. The van der Waals surface area contributed by atoms with Crippen molar-refractivity contribution in [1.29, 1.82) is 0 Å². The Morgan fingerprint density at radius 1 is 1.10 bits per heavy atom. The Bertz CT molecular complexity index is 1640. The molecule has 3 aromatic heterocycles. The molecule has 5 rings (SSSR count). The molecule has 3 heterocycles. The van der Waals surface area contributed by atoms with E-state index < -0.39 is 11.8 Å². The van der Waals surface area contributed by atoms with Crippen molar-refractivity contribution >= 4 is 17.6 Å². The maximum absolute atomic E-state index is 13.1. The summed E-state index contributed by atoms with van der Waals surface area (Å²) in [6, 6.07) is 15.8. The highest BCUT2D eigenvalue weighted by Gasteiger charge is 2.24. The molecule has 0 unspecified atom stereocenters. The van der Waals surface area contributed by atoms with Gasteiger partial charge in [-0.3, -0.25) is 0 Å². The summed E-state index contributed by atoms with van der Waals surface area (Å²) >= 11 is 6.43. The molecule has 39 heavy (non-hydrogen) atoms. The fourth-order valence-corrected chi connectivity index (χ4v) is 4.53. The van der Waals surface area contributed by atoms with Crippen LogP contribution in [0.3, 0.4) is 0 Å². The number of ether oxygens (including phenoxy) is 1. The molecule has 0 amide bonds. The molecule has 0 saturated carbocycles. The van der Waals surface area contributed by atoms with E-state index in [4.69, 9.17) is 25.2 Å². The Labute approximate surface area is 227 Å². The molecule has 0 fully saturated rings. The zero-order chi connectivity index (χ0) is 27.4. The predicted octanol–water partition coefficient (Wildman–Crippen LogP) is 4.99. The van der Waals surface area contributed by atoms with Crippen LogP contribution < -0.4 is 5.82 Å². The smallest absolute Gasteiger partial charge is 0.453 e. The second-order valence-corrected chi connectivity index (χ2v) is 9.22. The molecular weight excluding hydrogens is 524 g/mol. The van der Waals surface area contributed by atoms with Crippen LogP contribution in [0.25, 0.3) is 22.5 Å². The van der Waals surface area contributed by atoms with Crippen molar-refractivity contribution in [1.82, 2.24) is 30.2 Å². The van der Waals surface area contributed by atoms with E-state index in [0.717, 1.165) is 35.1 Å². The van der Waals surface area contributed by atoms with Crippen LogP contribution in [0.4, 0.5) is 0 Å². The third-order valence-electron chi connectivity index (χ3n) is 6.25. The Morgan fingerprint density at radius 3 is 2.54 bits per heavy atom. The summed E-state index contributed by atoms with van der Waals surface area (Å²) in [6.07, 6.45) is 2.49. The number of aryl methyl sites for hydroxylation is 2. The lowest BCUT2D eigenvalue weighted by Gasteiger charge is -2.13. The molecule has 0 spiro atoms. The van der Waals surface area contributed by atoms with Gasteiger partial charge in [-0.2, -0.15) is 0 Å². The quantitative estimate of drug-likeness (QED) is 0.239. The Hall–Kier alpha value is -4.51. The highest BCUT2D eigenvalue weighted by Crippen LogP contribution is 2.30. The van der Waals surface area contributed by atoms with Gasteiger partial charge in [0.2, 0.25) is 0 Å². The molecule has 0 radical (unpaired) electrons. The number of hydrogen-bond donors (Lipinski definition) is 1. The number of nitrogens with zero attached hydrogens (tertiary/aromatic N) is 5. The van der Waals surface area contributed by atoms with Crippen molar-refractivity contribution in [2.75, 3.05) is 0 Å². The maximum Gasteiger partial charge on any atom is 0.519 e. The molecule has 5 aromatic rings. The first kappa shape index (κ1) is 26.1. The summed E-state index contributed by atoms with van der Waals surface area (Å²) in [5.74, 6) is 0.121. The zero-order valence-corrected chi connectivity index (χ0v) is 22.1. The van der Waals surface area contributed by atoms with Crippen LogP contribution >= 0.6 is 11.6 Å². The molecule has 0 aliphatic rings. The van der Waals surface area contributed by atoms with E-state index in [2.05, 4.69) is 32.5 Å². The van der Waals surface area contributed by atoms with Crippen LogP contribution in [0.15, 0.2) is 62.2 Å². The van der Waals surface area contributed by atoms with Crippen LogP contribution in [-0.2, 0) is 24.3 Å². The molecule has 0 bridgehead atoms. The van der Waals surface area contributed by atoms with E-state index in [1.165, 1.54) is 0 Å². The van der Waals surface area contributed by atoms with E-state index in [-0.39, 0.29) is 29.0 Å². The van der Waals surface area contributed by atoms with Crippen molar-refractivity contribution in [3.8, 4) is 22.5 Å². The zero-order valence-electron chi connectivity index (χ0n) is 21.3. The minimum Gasteiger partial charge on any atom is -0.453 e. The number of halogens is 1. The molecule has 200 valence electrons. The average Bonchev–Trinajstić information content (AvgIpc) is 3.66. The first-order valence-corrected chi connectivity index (χ1v) is 12.8. The number of rotatable bonds is 10. The lowest BCUT2D eigenvalue weighted by molar-refractivity contribution is 0.0430. The van der Waals surface area contributed by atoms with Gasteiger partial charge in [0.15, 0.2) is 34.8 Å². The van der Waals surface area contributed by atoms with Gasteiger partial charge in [0, 0.05) is 18.5 Å². The Balaban J connectivity index is 1.41. The third-order valence-corrected chi connectivity index (χ3v) is 6.52. The summed E-state index contributed by atoms with van der Waals surface area (Å²) in [5, 5.41) is 14.3. The molecule has 2 aromatic carbocycles. The molecule has 0 aliphatic heterocycles. The number of hydrogen-bond acceptors (Lipinski definition) is 9. The summed E-state index contributed by atoms with van der Waals surface area (Å²) in [4.78, 5) is 28.9. The summed E-state index contributed by atoms with van der Waals surface area (Å²) < 4.78 is 17.0. The van der Waals surface area contributed by atoms with Crippen LogP contribution in [0.5, 0.6) is 0 Å². The van der Waals surface area contributed by atoms with Crippen LogP contribution in [0.1, 0.15) is 53.2 Å². The van der Waals surface area contributed by atoms with Crippen LogP contribution in [0, 0.1) is 6.92 Å². The lowest BCUT2D eigenvalue weighted by atomic mass is 9.98. The Kier molecular flexibility index (Phi) is 7.69. The van der Waals surface area contributed by atoms with E-state index in [9.17, 15) is 9.59 Å². The summed E-state index contributed by atoms with van der Waals surface area (Å²) in [7, 11) is 0. The van der Waals surface area contributed by atoms with Crippen LogP contribution in [-0.4, -0.2) is 36.1 Å². The summed E-state index contributed by atoms with van der Waals surface area (Å²) in [5.41, 5.74) is 3.92. The van der Waals surface area contributed by atoms with Gasteiger partial charge in [0.25, 0.3) is 0 Å². The lowest BCUT2D eigenvalue weighted by Crippen LogP contribution is -2.15. The van der Waals surface area contributed by atoms with Crippen molar-refractivity contribution < 1.29 is 18.4 Å². The number of imidazole rings is 1. The van der Waals surface area contributed by atoms with Gasteiger partial charge in [-0.1, -0.05) is 73.5 Å². The molecule has 0 saturated heterocycles. The normalized spacial score (nSPS) is 11.2. The minimum atomic E-state index is -0.855. The monoisotopic (exact) mass is 548 g/mol. The topological polar surface area (TPSA) is 142 Å². The molecular formula is C27H25ClN6O5. The fourth-order valence-electron chi connectivity index (χ4n) is 4.25. The van der Waals surface area contributed by atoms with Crippen LogP contribution in [0.2, 0.25) is 5.15 Å². The SMILES string of the molecule is CCCCc1nc(Cl)c(C(=O)OCc2oc(=O)oc2C)n1Cc1ccc(-c2ccccc2-c2nnn[nH]2)cc1. The largest absolute Gasteiger partial charge is 0.519 e. The van der Waals surface area contributed by atoms with Gasteiger partial charge in [0.1, 0.15) is 5.82 Å². The number of aromatic nitrogens is 6. The fraction of sp³-hybridized carbons (Fsp3) is 0.259. The second kappa shape index (κ2) is 11.5. The van der Waals surface area contributed by atoms with Crippen molar-refractivity contribution in [2.45, 2.75) is 46.3 Å². The van der Waals surface area contributed by atoms with Gasteiger partial charge < -0.3 is 18.1 Å². The van der Waals surface area contributed by atoms with E-state index in [1.807, 2.05) is 48.5 Å². The number of carbonyl (C=O) groups excluding carboxylic acids is 1. The predicted molar refractivity (Wildman–Crippen MR) is 141 cm³/mol. The van der Waals surface area contributed by atoms with Gasteiger partial charge >= 0.3 is 11.8 Å². The van der Waals surface area contributed by atoms with Gasteiger partial charge in [-0.05, 0) is 40.5 Å². The highest BCUT2D eigenvalue weighted by molar-refractivity contribution is 6.32. The molecule has 0 aliphatic carbocycles. The molecule has 11 nitrogen and oxygen atoms in total. The van der Waals surface area contributed by atoms with E-state index in [1.54, 1.807) is 11.5 Å². The highest BCUT2D eigenvalue weighted by atomic mass is 35.5. The number of unbranched alkanes of at least 4 members (excludes halogenated alkanes) is 1. The number of esters is 1. The molecule has 0 atom stereocenters. The van der Waals surface area contributed by atoms with Gasteiger partial charge in [0.05, 0.1) is 0 Å². The number of nitrogens with one attached hydrogen (secondary N) is 1. The van der Waals surface area contributed by atoms with E-state index >= 15 is 0 Å². The van der Waals surface area contributed by atoms with Crippen molar-refractivity contribution in [3.63, 3.8) is 0 Å². The van der Waals surface area contributed by atoms with Crippen molar-refractivity contribution in [3.05, 3.63) is 92.9 Å². The van der Waals surface area contributed by atoms with Crippen molar-refractivity contribution in [2.24, 2.45) is 0 Å². The first-order valence-electron chi connectivity index (χ1n) is 12.4. The number of tetrazole rings is 1. The number of carbonyl (C=O) groups is 1. The number of benzene rings is 2. The van der Waals surface area contributed by atoms with E-state index in [0.29, 0.717) is 24.6 Å². The minimum absolute atomic E-state index is 0.0580. The average molecular weight is 549 g/mol.